The molecule has 2 rings (SSSR count). The van der Waals surface area contributed by atoms with Crippen LogP contribution in [0.3, 0.4) is 0 Å². The number of hydrogen-bond acceptors (Lipinski definition) is 2. The summed E-state index contributed by atoms with van der Waals surface area (Å²) in [6, 6.07) is 9.35. The maximum absolute atomic E-state index is 12.5. The molecule has 6 heteroatoms. The normalized spacial score (nSPS) is 11.5. The van der Waals surface area contributed by atoms with Gasteiger partial charge in [0.1, 0.15) is 5.69 Å². The summed E-state index contributed by atoms with van der Waals surface area (Å²) >= 11 is 5.48. The minimum absolute atomic E-state index is 0.151. The SMILES string of the molecule is FC(F)(F)c1cc(-c2ccccc2)nc(Cl)n1. The van der Waals surface area contributed by atoms with Crippen molar-refractivity contribution >= 4 is 11.6 Å². The molecule has 0 bridgehead atoms. The fraction of sp³-hybridized carbons (Fsp3) is 0.0909. The standard InChI is InChI=1S/C11H6ClF3N2/c12-10-16-8(7-4-2-1-3-5-7)6-9(17-10)11(13,14)15/h1-6H. The molecule has 88 valence electrons. The van der Waals surface area contributed by atoms with Crippen molar-refractivity contribution in [3.8, 4) is 11.3 Å². The second kappa shape index (κ2) is 4.33. The molecular formula is C11H6ClF3N2. The molecule has 0 saturated carbocycles. The van der Waals surface area contributed by atoms with E-state index in [9.17, 15) is 13.2 Å². The van der Waals surface area contributed by atoms with Gasteiger partial charge in [0, 0.05) is 5.56 Å². The van der Waals surface area contributed by atoms with Crippen molar-refractivity contribution in [2.75, 3.05) is 0 Å². The first-order valence-corrected chi connectivity index (χ1v) is 5.02. The van der Waals surface area contributed by atoms with E-state index in [-0.39, 0.29) is 5.69 Å². The van der Waals surface area contributed by atoms with Crippen LogP contribution in [0, 0.1) is 0 Å². The predicted octanol–water partition coefficient (Wildman–Crippen LogP) is 3.82. The highest BCUT2D eigenvalue weighted by Gasteiger charge is 2.33. The second-order valence-electron chi connectivity index (χ2n) is 3.27. The van der Waals surface area contributed by atoms with E-state index in [0.29, 0.717) is 5.56 Å². The summed E-state index contributed by atoms with van der Waals surface area (Å²) in [6.07, 6.45) is -4.53. The Balaban J connectivity index is 2.54. The monoisotopic (exact) mass is 258 g/mol. The smallest absolute Gasteiger partial charge is 0.218 e. The fourth-order valence-electron chi connectivity index (χ4n) is 1.32. The zero-order valence-electron chi connectivity index (χ0n) is 8.37. The summed E-state index contributed by atoms with van der Waals surface area (Å²) in [5.74, 6) is 0. The first-order valence-electron chi connectivity index (χ1n) is 4.64. The van der Waals surface area contributed by atoms with Crippen molar-refractivity contribution in [3.05, 3.63) is 47.4 Å². The molecule has 0 unspecified atom stereocenters. The molecule has 0 aliphatic carbocycles. The lowest BCUT2D eigenvalue weighted by atomic mass is 10.1. The van der Waals surface area contributed by atoms with Crippen molar-refractivity contribution in [2.24, 2.45) is 0 Å². The van der Waals surface area contributed by atoms with Gasteiger partial charge in [0.2, 0.25) is 5.28 Å². The number of hydrogen-bond donors (Lipinski definition) is 0. The lowest BCUT2D eigenvalue weighted by Crippen LogP contribution is -2.09. The van der Waals surface area contributed by atoms with E-state index >= 15 is 0 Å². The van der Waals surface area contributed by atoms with Gasteiger partial charge >= 0.3 is 6.18 Å². The third kappa shape index (κ3) is 2.74. The topological polar surface area (TPSA) is 25.8 Å². The summed E-state index contributed by atoms with van der Waals surface area (Å²) < 4.78 is 37.5. The molecule has 0 radical (unpaired) electrons. The largest absolute Gasteiger partial charge is 0.433 e. The van der Waals surface area contributed by atoms with Crippen LogP contribution >= 0.6 is 11.6 Å². The Morgan fingerprint density at radius 1 is 1.00 bits per heavy atom. The lowest BCUT2D eigenvalue weighted by molar-refractivity contribution is -0.141. The predicted molar refractivity (Wildman–Crippen MR) is 57.5 cm³/mol. The number of aromatic nitrogens is 2. The number of alkyl halides is 3. The van der Waals surface area contributed by atoms with Gasteiger partial charge in [-0.3, -0.25) is 0 Å². The van der Waals surface area contributed by atoms with Crippen LogP contribution in [0.2, 0.25) is 5.28 Å². The molecule has 0 fully saturated rings. The summed E-state index contributed by atoms with van der Waals surface area (Å²) in [5.41, 5.74) is -0.337. The third-order valence-electron chi connectivity index (χ3n) is 2.06. The van der Waals surface area contributed by atoms with Gasteiger partial charge in [-0.25, -0.2) is 9.97 Å². The van der Waals surface area contributed by atoms with E-state index in [1.807, 2.05) is 0 Å². The molecule has 2 aromatic rings. The molecule has 1 aromatic carbocycles. The van der Waals surface area contributed by atoms with Crippen LogP contribution in [-0.4, -0.2) is 9.97 Å². The molecule has 1 heterocycles. The molecule has 0 atom stereocenters. The Kier molecular flexibility index (Phi) is 3.02. The van der Waals surface area contributed by atoms with Gasteiger partial charge in [-0.15, -0.1) is 0 Å². The van der Waals surface area contributed by atoms with Crippen molar-refractivity contribution in [3.63, 3.8) is 0 Å². The highest BCUT2D eigenvalue weighted by Crippen LogP contribution is 2.30. The van der Waals surface area contributed by atoms with Gasteiger partial charge in [-0.2, -0.15) is 13.2 Å². The maximum Gasteiger partial charge on any atom is 0.433 e. The molecule has 17 heavy (non-hydrogen) atoms. The maximum atomic E-state index is 12.5. The summed E-state index contributed by atoms with van der Waals surface area (Å²) in [4.78, 5) is 6.93. The van der Waals surface area contributed by atoms with E-state index in [1.54, 1.807) is 30.3 Å². The van der Waals surface area contributed by atoms with E-state index in [2.05, 4.69) is 9.97 Å². The van der Waals surface area contributed by atoms with Crippen LogP contribution in [0.15, 0.2) is 36.4 Å². The molecule has 0 amide bonds. The van der Waals surface area contributed by atoms with Crippen molar-refractivity contribution in [1.29, 1.82) is 0 Å². The highest BCUT2D eigenvalue weighted by atomic mass is 35.5. The van der Waals surface area contributed by atoms with Gasteiger partial charge in [-0.05, 0) is 17.7 Å². The highest BCUT2D eigenvalue weighted by molar-refractivity contribution is 6.28. The van der Waals surface area contributed by atoms with Crippen LogP contribution in [0.25, 0.3) is 11.3 Å². The first kappa shape index (κ1) is 11.9. The van der Waals surface area contributed by atoms with Gasteiger partial charge in [0.05, 0.1) is 5.69 Å². The Bertz CT molecular complexity index is 526. The summed E-state index contributed by atoms with van der Waals surface area (Å²) in [7, 11) is 0. The van der Waals surface area contributed by atoms with E-state index in [1.165, 1.54) is 0 Å². The summed E-state index contributed by atoms with van der Waals surface area (Å²) in [5, 5.41) is -0.418. The molecule has 0 aliphatic heterocycles. The van der Waals surface area contributed by atoms with E-state index in [0.717, 1.165) is 6.07 Å². The van der Waals surface area contributed by atoms with Crippen molar-refractivity contribution < 1.29 is 13.2 Å². The molecule has 0 saturated heterocycles. The molecule has 0 spiro atoms. The number of halogens is 4. The Morgan fingerprint density at radius 2 is 1.65 bits per heavy atom. The quantitative estimate of drug-likeness (QED) is 0.727. The Morgan fingerprint density at radius 3 is 2.24 bits per heavy atom. The first-order chi connectivity index (χ1) is 7.97. The average Bonchev–Trinajstić information content (AvgIpc) is 2.28. The van der Waals surface area contributed by atoms with Crippen molar-refractivity contribution in [1.82, 2.24) is 9.97 Å². The minimum Gasteiger partial charge on any atom is -0.218 e. The van der Waals surface area contributed by atoms with Crippen molar-refractivity contribution in [2.45, 2.75) is 6.18 Å². The molecule has 1 aromatic heterocycles. The average molecular weight is 259 g/mol. The van der Waals surface area contributed by atoms with E-state index < -0.39 is 17.2 Å². The Hall–Kier alpha value is -1.62. The van der Waals surface area contributed by atoms with Crippen LogP contribution in [0.5, 0.6) is 0 Å². The second-order valence-corrected chi connectivity index (χ2v) is 3.61. The van der Waals surface area contributed by atoms with Crippen LogP contribution in [0.1, 0.15) is 5.69 Å². The lowest BCUT2D eigenvalue weighted by Gasteiger charge is -2.08. The number of rotatable bonds is 1. The molecule has 0 N–H and O–H groups in total. The van der Waals surface area contributed by atoms with E-state index in [4.69, 9.17) is 11.6 Å². The zero-order chi connectivity index (χ0) is 12.5. The van der Waals surface area contributed by atoms with Crippen LogP contribution in [-0.2, 0) is 6.18 Å². The van der Waals surface area contributed by atoms with Gasteiger partial charge in [0.25, 0.3) is 0 Å². The number of benzene rings is 1. The number of nitrogens with zero attached hydrogens (tertiary/aromatic N) is 2. The molecule has 0 aliphatic rings. The Labute approximate surface area is 100 Å². The third-order valence-corrected chi connectivity index (χ3v) is 2.23. The minimum atomic E-state index is -4.53. The van der Waals surface area contributed by atoms with Gasteiger partial charge < -0.3 is 0 Å². The van der Waals surface area contributed by atoms with Crippen LogP contribution in [0.4, 0.5) is 13.2 Å². The molecular weight excluding hydrogens is 253 g/mol. The molecule has 2 nitrogen and oxygen atoms in total. The summed E-state index contributed by atoms with van der Waals surface area (Å²) in [6.45, 7) is 0. The fourth-order valence-corrected chi connectivity index (χ4v) is 1.50. The van der Waals surface area contributed by atoms with Gasteiger partial charge in [0.15, 0.2) is 0 Å². The van der Waals surface area contributed by atoms with Crippen LogP contribution < -0.4 is 0 Å². The zero-order valence-corrected chi connectivity index (χ0v) is 9.13. The van der Waals surface area contributed by atoms with Gasteiger partial charge in [-0.1, -0.05) is 30.3 Å².